The predicted molar refractivity (Wildman–Crippen MR) is 133 cm³/mol. The third kappa shape index (κ3) is 4.14. The van der Waals surface area contributed by atoms with Crippen LogP contribution in [0.25, 0.3) is 5.57 Å². The van der Waals surface area contributed by atoms with Gasteiger partial charge in [0.1, 0.15) is 11.5 Å². The summed E-state index contributed by atoms with van der Waals surface area (Å²) < 4.78 is 6.40. The molecule has 2 fully saturated rings. The van der Waals surface area contributed by atoms with Gasteiger partial charge in [-0.15, -0.1) is 0 Å². The molecule has 33 heavy (non-hydrogen) atoms. The van der Waals surface area contributed by atoms with Gasteiger partial charge in [0.25, 0.3) is 0 Å². The number of allylic oxidation sites excluding steroid dienone is 1. The van der Waals surface area contributed by atoms with Gasteiger partial charge >= 0.3 is 0 Å². The van der Waals surface area contributed by atoms with E-state index in [9.17, 15) is 9.90 Å². The molecule has 3 heteroatoms. The van der Waals surface area contributed by atoms with Gasteiger partial charge in [0, 0.05) is 22.8 Å². The average Bonchev–Trinajstić information content (AvgIpc) is 2.85. The maximum absolute atomic E-state index is 13.7. The first kappa shape index (κ1) is 22.0. The second-order valence-corrected chi connectivity index (χ2v) is 10.0. The molecule has 2 saturated carbocycles. The fourth-order valence-electron chi connectivity index (χ4n) is 5.97. The van der Waals surface area contributed by atoms with Gasteiger partial charge in [-0.3, -0.25) is 4.79 Å². The molecular formula is C30H34O3. The summed E-state index contributed by atoms with van der Waals surface area (Å²) in [6, 6.07) is 9.32. The van der Waals surface area contributed by atoms with Crippen molar-refractivity contribution in [2.45, 2.75) is 76.7 Å². The van der Waals surface area contributed by atoms with Crippen LogP contribution in [0.3, 0.4) is 0 Å². The van der Waals surface area contributed by atoms with Crippen molar-refractivity contribution in [3.8, 4) is 11.5 Å². The number of phenolic OH excluding ortho intramolecular Hbond substituents is 1. The Balaban J connectivity index is 1.59. The first-order valence-electron chi connectivity index (χ1n) is 12.6. The highest BCUT2D eigenvalue weighted by atomic mass is 16.5. The number of benzene rings is 2. The minimum absolute atomic E-state index is 0.0386. The Labute approximate surface area is 197 Å². The summed E-state index contributed by atoms with van der Waals surface area (Å²) in [5.41, 5.74) is 5.52. The highest BCUT2D eigenvalue weighted by Gasteiger charge is 2.34. The van der Waals surface area contributed by atoms with E-state index in [4.69, 9.17) is 4.74 Å². The molecule has 0 amide bonds. The summed E-state index contributed by atoms with van der Waals surface area (Å²) in [5, 5.41) is 11.2. The Morgan fingerprint density at radius 2 is 1.58 bits per heavy atom. The monoisotopic (exact) mass is 442 g/mol. The van der Waals surface area contributed by atoms with Crippen molar-refractivity contribution in [1.29, 1.82) is 0 Å². The molecule has 2 aromatic rings. The molecule has 1 N–H and O–H groups in total. The van der Waals surface area contributed by atoms with Crippen LogP contribution in [0.1, 0.15) is 96.8 Å². The van der Waals surface area contributed by atoms with Crippen LogP contribution in [-0.4, -0.2) is 17.0 Å². The SMILES string of the molecule is C=C1c2ccccc2C(=O)c2c(OC3CCCCC3)cc(O)c(CC(=C)C3CCCCC3)c21. The van der Waals surface area contributed by atoms with E-state index >= 15 is 0 Å². The van der Waals surface area contributed by atoms with Crippen molar-refractivity contribution >= 4 is 11.4 Å². The summed E-state index contributed by atoms with van der Waals surface area (Å²) in [5.74, 6) is 1.13. The Kier molecular flexibility index (Phi) is 6.14. The molecule has 2 aromatic carbocycles. The molecular weight excluding hydrogens is 408 g/mol. The number of hydrogen-bond donors (Lipinski definition) is 1. The smallest absolute Gasteiger partial charge is 0.198 e. The van der Waals surface area contributed by atoms with E-state index in [0.29, 0.717) is 29.2 Å². The molecule has 172 valence electrons. The Bertz CT molecular complexity index is 1100. The molecule has 3 aliphatic carbocycles. The number of carbonyl (C=O) groups is 1. The van der Waals surface area contributed by atoms with Crippen molar-refractivity contribution in [3.05, 3.63) is 76.9 Å². The standard InChI is InChI=1S/C30H34O3/c1-19(21-11-5-3-6-12-21)17-25-26(31)18-27(33-22-13-7-4-8-14-22)29-28(25)20(2)23-15-9-10-16-24(23)30(29)32/h9-10,15-16,18,21-22,31H,1-8,11-14,17H2. The van der Waals surface area contributed by atoms with Crippen LogP contribution in [0.2, 0.25) is 0 Å². The van der Waals surface area contributed by atoms with Crippen LogP contribution < -0.4 is 4.74 Å². The molecule has 0 bridgehead atoms. The van der Waals surface area contributed by atoms with E-state index in [1.165, 1.54) is 25.7 Å². The number of hydrogen-bond acceptors (Lipinski definition) is 3. The number of fused-ring (bicyclic) bond motifs is 2. The molecule has 0 atom stereocenters. The van der Waals surface area contributed by atoms with E-state index in [1.54, 1.807) is 6.07 Å². The lowest BCUT2D eigenvalue weighted by molar-refractivity contribution is 0.102. The minimum Gasteiger partial charge on any atom is -0.507 e. The second-order valence-electron chi connectivity index (χ2n) is 10.0. The van der Waals surface area contributed by atoms with Gasteiger partial charge in [0.15, 0.2) is 5.78 Å². The van der Waals surface area contributed by atoms with Crippen molar-refractivity contribution in [1.82, 2.24) is 0 Å². The average molecular weight is 443 g/mol. The maximum Gasteiger partial charge on any atom is 0.198 e. The third-order valence-electron chi connectivity index (χ3n) is 7.83. The van der Waals surface area contributed by atoms with Crippen LogP contribution >= 0.6 is 0 Å². The molecule has 0 aromatic heterocycles. The Hall–Kier alpha value is -2.81. The summed E-state index contributed by atoms with van der Waals surface area (Å²) in [7, 11) is 0. The zero-order valence-corrected chi connectivity index (χ0v) is 19.5. The lowest BCUT2D eigenvalue weighted by atomic mass is 9.76. The van der Waals surface area contributed by atoms with Crippen molar-refractivity contribution in [3.63, 3.8) is 0 Å². The maximum atomic E-state index is 13.7. The zero-order valence-electron chi connectivity index (χ0n) is 19.5. The lowest BCUT2D eigenvalue weighted by Gasteiger charge is -2.30. The van der Waals surface area contributed by atoms with Crippen molar-refractivity contribution in [2.24, 2.45) is 5.92 Å². The number of ether oxygens (including phenoxy) is 1. The molecule has 0 aliphatic heterocycles. The molecule has 0 saturated heterocycles. The van der Waals surface area contributed by atoms with Crippen LogP contribution in [0.5, 0.6) is 11.5 Å². The van der Waals surface area contributed by atoms with Crippen molar-refractivity contribution in [2.75, 3.05) is 0 Å². The fourth-order valence-corrected chi connectivity index (χ4v) is 5.97. The third-order valence-corrected chi connectivity index (χ3v) is 7.83. The highest BCUT2D eigenvalue weighted by molar-refractivity contribution is 6.20. The Morgan fingerprint density at radius 3 is 2.27 bits per heavy atom. The predicted octanol–water partition coefficient (Wildman–Crippen LogP) is 7.39. The van der Waals surface area contributed by atoms with Crippen molar-refractivity contribution < 1.29 is 14.6 Å². The van der Waals surface area contributed by atoms with Crippen LogP contribution in [0.15, 0.2) is 49.1 Å². The van der Waals surface area contributed by atoms with Gasteiger partial charge in [-0.1, -0.05) is 68.7 Å². The van der Waals surface area contributed by atoms with E-state index in [0.717, 1.165) is 66.4 Å². The number of carbonyl (C=O) groups excluding carboxylic acids is 1. The first-order valence-corrected chi connectivity index (χ1v) is 12.6. The quantitative estimate of drug-likeness (QED) is 0.419. The molecule has 0 heterocycles. The molecule has 3 aliphatic rings. The van der Waals surface area contributed by atoms with Crippen LogP contribution in [0, 0.1) is 5.92 Å². The molecule has 0 radical (unpaired) electrons. The minimum atomic E-state index is -0.0386. The Morgan fingerprint density at radius 1 is 0.939 bits per heavy atom. The van der Waals surface area contributed by atoms with Gasteiger partial charge < -0.3 is 9.84 Å². The van der Waals surface area contributed by atoms with Crippen LogP contribution in [-0.2, 0) is 6.42 Å². The topological polar surface area (TPSA) is 46.5 Å². The second kappa shape index (κ2) is 9.21. The largest absolute Gasteiger partial charge is 0.507 e. The highest BCUT2D eigenvalue weighted by Crippen LogP contribution is 2.46. The number of ketones is 1. The van der Waals surface area contributed by atoms with Crippen LogP contribution in [0.4, 0.5) is 0 Å². The lowest BCUT2D eigenvalue weighted by Crippen LogP contribution is -2.23. The van der Waals surface area contributed by atoms with E-state index in [1.807, 2.05) is 24.3 Å². The molecule has 3 nitrogen and oxygen atoms in total. The molecule has 5 rings (SSSR count). The van der Waals surface area contributed by atoms with E-state index < -0.39 is 0 Å². The van der Waals surface area contributed by atoms with Gasteiger partial charge in [0.2, 0.25) is 0 Å². The summed E-state index contributed by atoms with van der Waals surface area (Å²) in [6.45, 7) is 8.80. The molecule has 0 spiro atoms. The number of phenols is 1. The fraction of sp³-hybridized carbons (Fsp3) is 0.433. The summed E-state index contributed by atoms with van der Waals surface area (Å²) in [4.78, 5) is 13.7. The first-order chi connectivity index (χ1) is 16.0. The summed E-state index contributed by atoms with van der Waals surface area (Å²) >= 11 is 0. The van der Waals surface area contributed by atoms with Gasteiger partial charge in [-0.05, 0) is 62.0 Å². The van der Waals surface area contributed by atoms with Gasteiger partial charge in [0.05, 0.1) is 11.7 Å². The van der Waals surface area contributed by atoms with E-state index in [2.05, 4.69) is 13.2 Å². The summed E-state index contributed by atoms with van der Waals surface area (Å²) in [6.07, 6.45) is 12.2. The van der Waals surface area contributed by atoms with Gasteiger partial charge in [-0.25, -0.2) is 0 Å². The zero-order chi connectivity index (χ0) is 22.9. The van der Waals surface area contributed by atoms with E-state index in [-0.39, 0.29) is 17.6 Å². The van der Waals surface area contributed by atoms with Gasteiger partial charge in [-0.2, -0.15) is 0 Å². The number of rotatable bonds is 5. The molecule has 0 unspecified atom stereocenters. The number of aromatic hydroxyl groups is 1. The normalized spacial score (nSPS) is 19.2.